The molecule has 0 N–H and O–H groups in total. The van der Waals surface area contributed by atoms with E-state index in [1.54, 1.807) is 0 Å². The minimum atomic E-state index is 0. The van der Waals surface area contributed by atoms with Gasteiger partial charge in [0, 0.05) is 10.2 Å². The van der Waals surface area contributed by atoms with Crippen LogP contribution in [0.5, 0.6) is 0 Å². The molecule has 0 saturated heterocycles. The van der Waals surface area contributed by atoms with Gasteiger partial charge < -0.3 is 0 Å². The molecule has 0 aromatic rings. The zero-order valence-electron chi connectivity index (χ0n) is 6.65. The van der Waals surface area contributed by atoms with E-state index < -0.39 is 0 Å². The topological polar surface area (TPSA) is 0 Å². The second-order valence-corrected chi connectivity index (χ2v) is 5.51. The van der Waals surface area contributed by atoms with E-state index >= 15 is 0 Å². The summed E-state index contributed by atoms with van der Waals surface area (Å²) in [4.78, 5) is 0. The molecular formula is C8H15LiSi. The van der Waals surface area contributed by atoms with Crippen LogP contribution in [-0.4, -0.2) is 29.1 Å². The zero-order chi connectivity index (χ0) is 7.07. The summed E-state index contributed by atoms with van der Waals surface area (Å²) in [5.41, 5.74) is 2.97. The van der Waals surface area contributed by atoms with Crippen molar-refractivity contribution < 1.29 is 0 Å². The molecular weight excluding hydrogens is 131 g/mol. The molecule has 1 rings (SSSR count). The predicted octanol–water partition coefficient (Wildman–Crippen LogP) is 0.788. The molecule has 0 saturated carbocycles. The van der Waals surface area contributed by atoms with Crippen LogP contribution in [0, 0.1) is 0 Å². The third-order valence-corrected chi connectivity index (χ3v) is 3.13. The fraction of sp³-hybridized carbons (Fsp3) is 0.500. The van der Waals surface area contributed by atoms with Crippen molar-refractivity contribution in [2.24, 2.45) is 0 Å². The molecule has 52 valence electrons. The Labute approximate surface area is 78.4 Å². The molecule has 1 aliphatic carbocycles. The van der Waals surface area contributed by atoms with Crippen molar-refractivity contribution in [3.63, 3.8) is 0 Å². The van der Waals surface area contributed by atoms with Crippen LogP contribution >= 0.6 is 0 Å². The number of rotatable bonds is 0. The van der Waals surface area contributed by atoms with Crippen molar-refractivity contribution in [1.82, 2.24) is 0 Å². The van der Waals surface area contributed by atoms with E-state index in [0.29, 0.717) is 5.04 Å². The second kappa shape index (κ2) is 3.13. The van der Waals surface area contributed by atoms with Crippen LogP contribution in [-0.2, 0) is 0 Å². The molecule has 0 aliphatic heterocycles. The maximum absolute atomic E-state index is 2.37. The Bertz CT molecular complexity index is 189. The molecule has 2 heteroatoms. The molecule has 1 unspecified atom stereocenters. The van der Waals surface area contributed by atoms with Crippen LogP contribution in [0.3, 0.4) is 0 Å². The van der Waals surface area contributed by atoms with Crippen molar-refractivity contribution in [3.05, 3.63) is 23.3 Å². The van der Waals surface area contributed by atoms with E-state index in [2.05, 4.69) is 32.9 Å². The quantitative estimate of drug-likeness (QED) is 0.443. The maximum atomic E-state index is 2.37. The van der Waals surface area contributed by atoms with Gasteiger partial charge in [-0.25, -0.2) is 0 Å². The fourth-order valence-corrected chi connectivity index (χ4v) is 1.85. The van der Waals surface area contributed by atoms with Gasteiger partial charge in [0.2, 0.25) is 0 Å². The summed E-state index contributed by atoms with van der Waals surface area (Å²) in [7, 11) is 1.24. The van der Waals surface area contributed by atoms with Crippen molar-refractivity contribution in [2.75, 3.05) is 0 Å². The van der Waals surface area contributed by atoms with Crippen molar-refractivity contribution >= 4 is 29.1 Å². The second-order valence-electron chi connectivity index (χ2n) is 3.44. The molecule has 0 nitrogen and oxygen atoms in total. The Morgan fingerprint density at radius 3 is 2.00 bits per heavy atom. The van der Waals surface area contributed by atoms with Crippen LogP contribution in [0.1, 0.15) is 20.8 Å². The standard InChI is InChI=1S/C8H14Si.Li.H/c1-6-4-7(2)8(3,9)5-6;;/h4-5H,1-3,9H3;;. The Balaban J connectivity index is 0.000000810. The Hall–Kier alpha value is 0.294. The van der Waals surface area contributed by atoms with Gasteiger partial charge in [-0.15, -0.1) is 0 Å². The van der Waals surface area contributed by atoms with Gasteiger partial charge in [0.05, 0.1) is 0 Å². The van der Waals surface area contributed by atoms with E-state index in [1.807, 2.05) is 0 Å². The van der Waals surface area contributed by atoms with E-state index in [1.165, 1.54) is 21.4 Å². The van der Waals surface area contributed by atoms with Gasteiger partial charge in [0.25, 0.3) is 0 Å². The van der Waals surface area contributed by atoms with Gasteiger partial charge in [0.1, 0.15) is 0 Å². The SMILES string of the molecule is CC1=CC(C)([SiH3])C(C)=C1.[LiH]. The van der Waals surface area contributed by atoms with Gasteiger partial charge in [0.15, 0.2) is 0 Å². The monoisotopic (exact) mass is 146 g/mol. The molecule has 0 aromatic carbocycles. The Morgan fingerprint density at radius 2 is 1.90 bits per heavy atom. The van der Waals surface area contributed by atoms with E-state index in [-0.39, 0.29) is 18.9 Å². The molecule has 0 aromatic heterocycles. The summed E-state index contributed by atoms with van der Waals surface area (Å²) in [6.07, 6.45) is 4.65. The van der Waals surface area contributed by atoms with Crippen LogP contribution in [0.4, 0.5) is 0 Å². The van der Waals surface area contributed by atoms with E-state index in [4.69, 9.17) is 0 Å². The first-order valence-corrected chi connectivity index (χ1v) is 4.40. The van der Waals surface area contributed by atoms with Crippen molar-refractivity contribution in [1.29, 1.82) is 0 Å². The molecule has 0 radical (unpaired) electrons. The number of allylic oxidation sites excluding steroid dienone is 4. The summed E-state index contributed by atoms with van der Waals surface area (Å²) in [5, 5.41) is 0.462. The molecule has 0 heterocycles. The van der Waals surface area contributed by atoms with Crippen LogP contribution in [0.25, 0.3) is 0 Å². The first kappa shape index (κ1) is 10.3. The van der Waals surface area contributed by atoms with E-state index in [9.17, 15) is 0 Å². The van der Waals surface area contributed by atoms with Crippen molar-refractivity contribution in [2.45, 2.75) is 25.8 Å². The third kappa shape index (κ3) is 1.89. The van der Waals surface area contributed by atoms with Gasteiger partial charge >= 0.3 is 18.9 Å². The van der Waals surface area contributed by atoms with Crippen LogP contribution < -0.4 is 0 Å². The van der Waals surface area contributed by atoms with Crippen molar-refractivity contribution in [3.8, 4) is 0 Å². The number of hydrogen-bond acceptors (Lipinski definition) is 0. The minimum absolute atomic E-state index is 0. The average molecular weight is 146 g/mol. The van der Waals surface area contributed by atoms with Crippen LogP contribution in [0.15, 0.2) is 23.3 Å². The van der Waals surface area contributed by atoms with Gasteiger partial charge in [-0.05, 0) is 18.9 Å². The summed E-state index contributed by atoms with van der Waals surface area (Å²) >= 11 is 0. The Morgan fingerprint density at radius 1 is 1.40 bits per heavy atom. The zero-order valence-corrected chi connectivity index (χ0v) is 8.65. The molecule has 0 bridgehead atoms. The number of hydrogen-bond donors (Lipinski definition) is 0. The molecule has 0 spiro atoms. The first-order valence-electron chi connectivity index (χ1n) is 3.40. The Kier molecular flexibility index (Phi) is 3.22. The van der Waals surface area contributed by atoms with E-state index in [0.717, 1.165) is 0 Å². The molecule has 10 heavy (non-hydrogen) atoms. The molecule has 1 atom stereocenters. The normalized spacial score (nSPS) is 31.1. The summed E-state index contributed by atoms with van der Waals surface area (Å²) in [6, 6.07) is 0. The summed E-state index contributed by atoms with van der Waals surface area (Å²) in [5.74, 6) is 0. The molecule has 1 aliphatic rings. The van der Waals surface area contributed by atoms with Gasteiger partial charge in [-0.3, -0.25) is 0 Å². The van der Waals surface area contributed by atoms with Gasteiger partial charge in [-0.2, -0.15) is 0 Å². The van der Waals surface area contributed by atoms with Crippen LogP contribution in [0.2, 0.25) is 5.04 Å². The first-order chi connectivity index (χ1) is 4.02. The fourth-order valence-electron chi connectivity index (χ4n) is 1.25. The average Bonchev–Trinajstić information content (AvgIpc) is 1.79. The summed E-state index contributed by atoms with van der Waals surface area (Å²) < 4.78 is 0. The van der Waals surface area contributed by atoms with Gasteiger partial charge in [-0.1, -0.05) is 30.2 Å². The summed E-state index contributed by atoms with van der Waals surface area (Å²) in [6.45, 7) is 6.70. The third-order valence-electron chi connectivity index (χ3n) is 2.05. The predicted molar refractivity (Wildman–Crippen MR) is 53.0 cm³/mol. The molecule has 0 fully saturated rings. The molecule has 0 amide bonds.